The van der Waals surface area contributed by atoms with Crippen LogP contribution in [0.1, 0.15) is 60.8 Å². The molecule has 1 aliphatic rings. The Morgan fingerprint density at radius 2 is 1.56 bits per heavy atom. The molecule has 2 heteroatoms. The summed E-state index contributed by atoms with van der Waals surface area (Å²) in [6.45, 7) is 13.6. The van der Waals surface area contributed by atoms with Crippen molar-refractivity contribution in [1.29, 1.82) is 0 Å². The molecular weight excluding hydrogens is 200 g/mol. The Hall–Kier alpha value is -0.0800. The van der Waals surface area contributed by atoms with Gasteiger partial charge in [0, 0.05) is 5.92 Å². The molecule has 0 aliphatic heterocycles. The molecule has 0 N–H and O–H groups in total. The van der Waals surface area contributed by atoms with Gasteiger partial charge in [0.25, 0.3) is 0 Å². The van der Waals surface area contributed by atoms with E-state index in [1.54, 1.807) is 0 Å². The van der Waals surface area contributed by atoms with Crippen LogP contribution in [-0.2, 0) is 9.47 Å². The highest BCUT2D eigenvalue weighted by atomic mass is 16.5. The molecule has 1 unspecified atom stereocenters. The molecule has 0 aromatic carbocycles. The van der Waals surface area contributed by atoms with Crippen LogP contribution in [-0.4, -0.2) is 23.9 Å². The minimum absolute atomic E-state index is 0.0327. The summed E-state index contributed by atoms with van der Waals surface area (Å²) >= 11 is 0. The summed E-state index contributed by atoms with van der Waals surface area (Å²) in [5.74, 6) is 0.582. The molecule has 0 aromatic heterocycles. The van der Waals surface area contributed by atoms with Gasteiger partial charge < -0.3 is 9.47 Å². The third-order valence-corrected chi connectivity index (χ3v) is 2.82. The van der Waals surface area contributed by atoms with E-state index in [9.17, 15) is 0 Å². The second-order valence-electron chi connectivity index (χ2n) is 6.88. The highest BCUT2D eigenvalue weighted by Gasteiger charge is 2.32. The summed E-state index contributed by atoms with van der Waals surface area (Å²) in [7, 11) is 0. The lowest BCUT2D eigenvalue weighted by Crippen LogP contribution is -2.33. The van der Waals surface area contributed by atoms with Crippen molar-refractivity contribution in [2.45, 2.75) is 78.1 Å². The molecule has 1 fully saturated rings. The van der Waals surface area contributed by atoms with Gasteiger partial charge >= 0.3 is 0 Å². The van der Waals surface area contributed by atoms with Gasteiger partial charge in [-0.15, -0.1) is 0 Å². The van der Waals surface area contributed by atoms with Crippen molar-refractivity contribution >= 4 is 0 Å². The van der Waals surface area contributed by atoms with Gasteiger partial charge in [-0.05, 0) is 54.4 Å². The maximum absolute atomic E-state index is 6.10. The smallest absolute Gasteiger partial charge is 0.0632 e. The summed E-state index contributed by atoms with van der Waals surface area (Å²) < 4.78 is 12.0. The topological polar surface area (TPSA) is 18.5 Å². The molecule has 0 aromatic rings. The monoisotopic (exact) mass is 228 g/mol. The Labute approximate surface area is 101 Å². The molecule has 0 amide bonds. The van der Waals surface area contributed by atoms with E-state index in [0.29, 0.717) is 12.0 Å². The van der Waals surface area contributed by atoms with E-state index in [0.717, 1.165) is 6.61 Å². The molecule has 2 atom stereocenters. The van der Waals surface area contributed by atoms with Crippen LogP contribution in [0, 0.1) is 5.92 Å². The number of hydrogen-bond acceptors (Lipinski definition) is 2. The van der Waals surface area contributed by atoms with Crippen molar-refractivity contribution < 1.29 is 9.47 Å². The van der Waals surface area contributed by atoms with Crippen LogP contribution in [0.5, 0.6) is 0 Å². The summed E-state index contributed by atoms with van der Waals surface area (Å²) in [5.41, 5.74) is -0.0656. The zero-order chi connectivity index (χ0) is 12.4. The predicted octanol–water partition coefficient (Wildman–Crippen LogP) is 3.79. The van der Waals surface area contributed by atoms with Crippen molar-refractivity contribution in [1.82, 2.24) is 0 Å². The minimum atomic E-state index is -0.0329. The molecule has 0 bridgehead atoms. The lowest BCUT2D eigenvalue weighted by atomic mass is 10.1. The first-order chi connectivity index (χ1) is 7.17. The average Bonchev–Trinajstić information content (AvgIpc) is 2.44. The van der Waals surface area contributed by atoms with Crippen molar-refractivity contribution in [3.05, 3.63) is 0 Å². The maximum Gasteiger partial charge on any atom is 0.0632 e. The van der Waals surface area contributed by atoms with Gasteiger partial charge in [0.2, 0.25) is 0 Å². The van der Waals surface area contributed by atoms with Crippen LogP contribution in [0.2, 0.25) is 0 Å². The van der Waals surface area contributed by atoms with E-state index < -0.39 is 0 Å². The lowest BCUT2D eigenvalue weighted by molar-refractivity contribution is -0.102. The van der Waals surface area contributed by atoms with Crippen LogP contribution in [0.4, 0.5) is 0 Å². The Balaban J connectivity index is 2.41. The predicted molar refractivity (Wildman–Crippen MR) is 67.7 cm³/mol. The van der Waals surface area contributed by atoms with E-state index in [1.807, 2.05) is 0 Å². The van der Waals surface area contributed by atoms with Gasteiger partial charge in [0.1, 0.15) is 0 Å². The highest BCUT2D eigenvalue weighted by Crippen LogP contribution is 2.32. The van der Waals surface area contributed by atoms with Crippen molar-refractivity contribution in [3.8, 4) is 0 Å². The second-order valence-corrected chi connectivity index (χ2v) is 6.88. The first-order valence-corrected chi connectivity index (χ1v) is 6.49. The molecule has 0 radical (unpaired) electrons. The summed E-state index contributed by atoms with van der Waals surface area (Å²) in [6.07, 6.45) is 4.10. The fourth-order valence-corrected chi connectivity index (χ4v) is 2.16. The van der Waals surface area contributed by atoms with E-state index in [4.69, 9.17) is 9.47 Å². The fourth-order valence-electron chi connectivity index (χ4n) is 2.16. The molecule has 96 valence electrons. The van der Waals surface area contributed by atoms with Gasteiger partial charge in [0.05, 0.1) is 23.9 Å². The van der Waals surface area contributed by atoms with Crippen molar-refractivity contribution in [2.75, 3.05) is 6.61 Å². The zero-order valence-corrected chi connectivity index (χ0v) is 11.8. The molecule has 0 spiro atoms. The Bertz CT molecular complexity index is 210. The van der Waals surface area contributed by atoms with Gasteiger partial charge in [-0.25, -0.2) is 0 Å². The van der Waals surface area contributed by atoms with Gasteiger partial charge in [-0.1, -0.05) is 6.42 Å². The van der Waals surface area contributed by atoms with Crippen LogP contribution < -0.4 is 0 Å². The Kier molecular flexibility index (Phi) is 4.42. The SMILES string of the molecule is CC(C)(C)OC[C@H]1CCCC1OC(C)(C)C. The van der Waals surface area contributed by atoms with E-state index >= 15 is 0 Å². The van der Waals surface area contributed by atoms with Gasteiger partial charge in [-0.2, -0.15) is 0 Å². The third-order valence-electron chi connectivity index (χ3n) is 2.82. The van der Waals surface area contributed by atoms with Crippen LogP contribution >= 0.6 is 0 Å². The van der Waals surface area contributed by atoms with Crippen molar-refractivity contribution in [2.24, 2.45) is 5.92 Å². The maximum atomic E-state index is 6.10. The third kappa shape index (κ3) is 5.31. The first-order valence-electron chi connectivity index (χ1n) is 6.49. The van der Waals surface area contributed by atoms with Gasteiger partial charge in [-0.3, -0.25) is 0 Å². The molecule has 2 nitrogen and oxygen atoms in total. The van der Waals surface area contributed by atoms with Gasteiger partial charge in [0.15, 0.2) is 0 Å². The fraction of sp³-hybridized carbons (Fsp3) is 1.00. The Morgan fingerprint density at radius 3 is 2.06 bits per heavy atom. The lowest BCUT2D eigenvalue weighted by Gasteiger charge is -2.30. The van der Waals surface area contributed by atoms with Crippen LogP contribution in [0.15, 0.2) is 0 Å². The molecule has 1 saturated carbocycles. The molecule has 1 aliphatic carbocycles. The zero-order valence-electron chi connectivity index (χ0n) is 11.8. The highest BCUT2D eigenvalue weighted by molar-refractivity contribution is 4.81. The average molecular weight is 228 g/mol. The first kappa shape index (κ1) is 14.0. The summed E-state index contributed by atoms with van der Waals surface area (Å²) in [4.78, 5) is 0. The standard InChI is InChI=1S/C14H28O2/c1-13(2,3)15-10-11-8-7-9-12(11)16-14(4,5)6/h11-12H,7-10H2,1-6H3/t11-,12?/m1/s1. The Morgan fingerprint density at radius 1 is 0.938 bits per heavy atom. The van der Waals surface area contributed by atoms with E-state index in [2.05, 4.69) is 41.5 Å². The van der Waals surface area contributed by atoms with E-state index in [1.165, 1.54) is 19.3 Å². The summed E-state index contributed by atoms with van der Waals surface area (Å²) in [5, 5.41) is 0. The van der Waals surface area contributed by atoms with Crippen molar-refractivity contribution in [3.63, 3.8) is 0 Å². The molecular formula is C14H28O2. The number of ether oxygens (including phenoxy) is 2. The number of hydrogen-bond donors (Lipinski definition) is 0. The largest absolute Gasteiger partial charge is 0.375 e. The normalized spacial score (nSPS) is 27.4. The second kappa shape index (κ2) is 5.05. The van der Waals surface area contributed by atoms with E-state index in [-0.39, 0.29) is 11.2 Å². The molecule has 16 heavy (non-hydrogen) atoms. The quantitative estimate of drug-likeness (QED) is 0.732. The summed E-state index contributed by atoms with van der Waals surface area (Å²) in [6, 6.07) is 0. The molecule has 0 heterocycles. The van der Waals surface area contributed by atoms with Crippen LogP contribution in [0.25, 0.3) is 0 Å². The minimum Gasteiger partial charge on any atom is -0.375 e. The van der Waals surface area contributed by atoms with Crippen LogP contribution in [0.3, 0.4) is 0 Å². The molecule has 0 saturated heterocycles. The molecule has 1 rings (SSSR count). The number of rotatable bonds is 3.